The molecule has 0 spiro atoms. The van der Waals surface area contributed by atoms with Crippen LogP contribution in [0.15, 0.2) is 24.3 Å². The van der Waals surface area contributed by atoms with E-state index in [-0.39, 0.29) is 0 Å². The van der Waals surface area contributed by atoms with Crippen LogP contribution >= 0.6 is 0 Å². The summed E-state index contributed by atoms with van der Waals surface area (Å²) in [7, 11) is 0. The SMILES string of the molecule is N#Cc1ccc(C(=O)C(=O)N2CCOCC2)cc1. The third kappa shape index (κ3) is 2.55. The monoisotopic (exact) mass is 244 g/mol. The van der Waals surface area contributed by atoms with Crippen LogP contribution in [0.5, 0.6) is 0 Å². The highest BCUT2D eigenvalue weighted by Gasteiger charge is 2.24. The standard InChI is InChI=1S/C13H12N2O3/c14-9-10-1-3-11(4-2-10)12(16)13(17)15-5-7-18-8-6-15/h1-4H,5-8H2. The number of hydrogen-bond acceptors (Lipinski definition) is 4. The molecule has 1 aliphatic heterocycles. The molecule has 1 aliphatic rings. The van der Waals surface area contributed by atoms with Crippen molar-refractivity contribution >= 4 is 11.7 Å². The van der Waals surface area contributed by atoms with Crippen molar-refractivity contribution < 1.29 is 14.3 Å². The van der Waals surface area contributed by atoms with Crippen LogP contribution in [0.4, 0.5) is 0 Å². The molecule has 0 aromatic heterocycles. The lowest BCUT2D eigenvalue weighted by Crippen LogP contribution is -2.44. The number of rotatable bonds is 2. The highest BCUT2D eigenvalue weighted by Crippen LogP contribution is 2.07. The first-order valence-corrected chi connectivity index (χ1v) is 5.64. The lowest BCUT2D eigenvalue weighted by Gasteiger charge is -2.26. The summed E-state index contributed by atoms with van der Waals surface area (Å²) in [5.41, 5.74) is 0.774. The molecule has 0 atom stereocenters. The molecule has 18 heavy (non-hydrogen) atoms. The molecule has 1 saturated heterocycles. The van der Waals surface area contributed by atoms with Gasteiger partial charge in [-0.15, -0.1) is 0 Å². The Kier molecular flexibility index (Phi) is 3.70. The first-order chi connectivity index (χ1) is 8.72. The summed E-state index contributed by atoms with van der Waals surface area (Å²) in [5.74, 6) is -1.05. The summed E-state index contributed by atoms with van der Waals surface area (Å²) >= 11 is 0. The molecular formula is C13H12N2O3. The van der Waals surface area contributed by atoms with Gasteiger partial charge in [-0.1, -0.05) is 0 Å². The number of nitrogens with zero attached hydrogens (tertiary/aromatic N) is 2. The van der Waals surface area contributed by atoms with Gasteiger partial charge in [0, 0.05) is 18.7 Å². The molecule has 1 heterocycles. The van der Waals surface area contributed by atoms with Crippen molar-refractivity contribution in [1.29, 1.82) is 5.26 Å². The fourth-order valence-electron chi connectivity index (χ4n) is 1.73. The number of ketones is 1. The van der Waals surface area contributed by atoms with Crippen LogP contribution in [0.2, 0.25) is 0 Å². The van der Waals surface area contributed by atoms with Gasteiger partial charge in [-0.25, -0.2) is 0 Å². The number of benzene rings is 1. The molecule has 0 aliphatic carbocycles. The fraction of sp³-hybridized carbons (Fsp3) is 0.308. The maximum Gasteiger partial charge on any atom is 0.295 e. The number of hydrogen-bond donors (Lipinski definition) is 0. The minimum Gasteiger partial charge on any atom is -0.378 e. The van der Waals surface area contributed by atoms with E-state index in [1.54, 1.807) is 0 Å². The second-order valence-corrected chi connectivity index (χ2v) is 3.92. The number of nitriles is 1. The van der Waals surface area contributed by atoms with E-state index in [1.165, 1.54) is 29.2 Å². The largest absolute Gasteiger partial charge is 0.378 e. The van der Waals surface area contributed by atoms with E-state index in [9.17, 15) is 9.59 Å². The summed E-state index contributed by atoms with van der Waals surface area (Å²) < 4.78 is 5.12. The van der Waals surface area contributed by atoms with Crippen molar-refractivity contribution in [2.45, 2.75) is 0 Å². The van der Waals surface area contributed by atoms with E-state index in [0.29, 0.717) is 37.4 Å². The Morgan fingerprint density at radius 1 is 1.17 bits per heavy atom. The van der Waals surface area contributed by atoms with Crippen LogP contribution in [-0.2, 0) is 9.53 Å². The number of carbonyl (C=O) groups is 2. The molecule has 0 bridgehead atoms. The summed E-state index contributed by atoms with van der Waals surface area (Å²) in [6, 6.07) is 8.02. The smallest absolute Gasteiger partial charge is 0.295 e. The normalized spacial score (nSPS) is 14.9. The molecule has 0 saturated carbocycles. The van der Waals surface area contributed by atoms with E-state index in [2.05, 4.69) is 0 Å². The highest BCUT2D eigenvalue weighted by atomic mass is 16.5. The lowest BCUT2D eigenvalue weighted by molar-refractivity contribution is -0.130. The lowest BCUT2D eigenvalue weighted by atomic mass is 10.1. The van der Waals surface area contributed by atoms with Gasteiger partial charge < -0.3 is 9.64 Å². The number of Topliss-reactive ketones (excluding diaryl/α,β-unsaturated/α-hetero) is 1. The average molecular weight is 244 g/mol. The van der Waals surface area contributed by atoms with Crippen LogP contribution in [0, 0.1) is 11.3 Å². The van der Waals surface area contributed by atoms with E-state index < -0.39 is 11.7 Å². The van der Waals surface area contributed by atoms with Crippen LogP contribution in [0.1, 0.15) is 15.9 Å². The zero-order valence-electron chi connectivity index (χ0n) is 9.76. The minimum atomic E-state index is -0.540. The first kappa shape index (κ1) is 12.3. The molecule has 5 heteroatoms. The van der Waals surface area contributed by atoms with E-state index >= 15 is 0 Å². The molecular weight excluding hydrogens is 232 g/mol. The van der Waals surface area contributed by atoms with Crippen molar-refractivity contribution in [2.75, 3.05) is 26.3 Å². The van der Waals surface area contributed by atoms with Crippen molar-refractivity contribution in [3.63, 3.8) is 0 Å². The van der Waals surface area contributed by atoms with Gasteiger partial charge in [0.25, 0.3) is 5.91 Å². The summed E-state index contributed by atoms with van der Waals surface area (Å²) in [6.07, 6.45) is 0. The third-order valence-electron chi connectivity index (χ3n) is 2.77. The number of carbonyl (C=O) groups excluding carboxylic acids is 2. The number of morpholine rings is 1. The molecule has 2 rings (SSSR count). The van der Waals surface area contributed by atoms with Gasteiger partial charge >= 0.3 is 0 Å². The molecule has 0 unspecified atom stereocenters. The summed E-state index contributed by atoms with van der Waals surface area (Å²) in [4.78, 5) is 25.3. The van der Waals surface area contributed by atoms with Crippen molar-refractivity contribution in [2.24, 2.45) is 0 Å². The van der Waals surface area contributed by atoms with Gasteiger partial charge in [-0.2, -0.15) is 5.26 Å². The first-order valence-electron chi connectivity index (χ1n) is 5.64. The predicted molar refractivity (Wildman–Crippen MR) is 62.9 cm³/mol. The minimum absolute atomic E-state index is 0.311. The van der Waals surface area contributed by atoms with E-state index in [0.717, 1.165) is 0 Å². The maximum absolute atomic E-state index is 11.9. The predicted octanol–water partition coefficient (Wildman–Crippen LogP) is 0.600. The molecule has 1 aromatic rings. The summed E-state index contributed by atoms with van der Waals surface area (Å²) in [6.45, 7) is 1.82. The van der Waals surface area contributed by atoms with Crippen molar-refractivity contribution in [3.05, 3.63) is 35.4 Å². The van der Waals surface area contributed by atoms with Gasteiger partial charge in [0.2, 0.25) is 5.78 Å². The third-order valence-corrected chi connectivity index (χ3v) is 2.77. The Balaban J connectivity index is 2.10. The number of amides is 1. The van der Waals surface area contributed by atoms with Gasteiger partial charge in [0.05, 0.1) is 24.8 Å². The molecule has 0 N–H and O–H groups in total. The van der Waals surface area contributed by atoms with Crippen LogP contribution in [-0.4, -0.2) is 42.9 Å². The maximum atomic E-state index is 11.9. The molecule has 1 amide bonds. The van der Waals surface area contributed by atoms with Crippen LogP contribution in [0.3, 0.4) is 0 Å². The van der Waals surface area contributed by atoms with E-state index in [1.807, 2.05) is 6.07 Å². The molecule has 0 radical (unpaired) electrons. The second kappa shape index (κ2) is 5.43. The van der Waals surface area contributed by atoms with Crippen LogP contribution in [0.25, 0.3) is 0 Å². The van der Waals surface area contributed by atoms with Gasteiger partial charge in [0.1, 0.15) is 0 Å². The van der Waals surface area contributed by atoms with Crippen LogP contribution < -0.4 is 0 Å². The fourth-order valence-corrected chi connectivity index (χ4v) is 1.73. The Hall–Kier alpha value is -2.19. The Morgan fingerprint density at radius 2 is 1.78 bits per heavy atom. The van der Waals surface area contributed by atoms with Crippen molar-refractivity contribution in [3.8, 4) is 6.07 Å². The molecule has 5 nitrogen and oxygen atoms in total. The Labute approximate surface area is 105 Å². The average Bonchev–Trinajstić information content (AvgIpc) is 2.47. The van der Waals surface area contributed by atoms with Gasteiger partial charge in [-0.3, -0.25) is 9.59 Å². The Morgan fingerprint density at radius 3 is 2.33 bits per heavy atom. The summed E-state index contributed by atoms with van der Waals surface area (Å²) in [5, 5.41) is 8.66. The molecule has 1 aromatic carbocycles. The van der Waals surface area contributed by atoms with Gasteiger partial charge in [0.15, 0.2) is 0 Å². The molecule has 1 fully saturated rings. The zero-order chi connectivity index (χ0) is 13.0. The van der Waals surface area contributed by atoms with E-state index in [4.69, 9.17) is 10.00 Å². The van der Waals surface area contributed by atoms with Gasteiger partial charge in [-0.05, 0) is 24.3 Å². The Bertz CT molecular complexity index is 496. The zero-order valence-corrected chi connectivity index (χ0v) is 9.76. The quantitative estimate of drug-likeness (QED) is 0.564. The molecule has 92 valence electrons. The second-order valence-electron chi connectivity index (χ2n) is 3.92. The number of ether oxygens (including phenoxy) is 1. The van der Waals surface area contributed by atoms with Crippen molar-refractivity contribution in [1.82, 2.24) is 4.90 Å². The highest BCUT2D eigenvalue weighted by molar-refractivity contribution is 6.42. The topological polar surface area (TPSA) is 70.4 Å².